The highest BCUT2D eigenvalue weighted by Crippen LogP contribution is 2.71. The lowest BCUT2D eigenvalue weighted by Crippen LogP contribution is -2.39. The van der Waals surface area contributed by atoms with Gasteiger partial charge in [0.1, 0.15) is 5.75 Å². The van der Waals surface area contributed by atoms with E-state index in [9.17, 15) is 5.11 Å². The van der Waals surface area contributed by atoms with Crippen LogP contribution in [0.1, 0.15) is 38.2 Å². The average molecular weight is 369 g/mol. The number of aliphatic hydroxyl groups excluding tert-OH is 1. The van der Waals surface area contributed by atoms with Crippen molar-refractivity contribution in [2.45, 2.75) is 38.7 Å². The van der Waals surface area contributed by atoms with Gasteiger partial charge < -0.3 is 14.6 Å². The van der Waals surface area contributed by atoms with Crippen molar-refractivity contribution in [3.8, 4) is 5.75 Å². The van der Waals surface area contributed by atoms with Crippen LogP contribution in [0.15, 0.2) is 24.3 Å². The lowest BCUT2D eigenvalue weighted by molar-refractivity contribution is 0.00504. The van der Waals surface area contributed by atoms with Crippen molar-refractivity contribution < 1.29 is 14.6 Å². The molecule has 1 aromatic carbocycles. The van der Waals surface area contributed by atoms with Crippen molar-refractivity contribution >= 4 is 15.9 Å². The number of hydrogen-bond acceptors (Lipinski definition) is 3. The minimum atomic E-state index is -0.332. The van der Waals surface area contributed by atoms with Gasteiger partial charge in [-0.15, -0.1) is 0 Å². The van der Waals surface area contributed by atoms with Gasteiger partial charge in [-0.1, -0.05) is 48.0 Å². The highest BCUT2D eigenvalue weighted by Gasteiger charge is 2.67. The Labute approximate surface area is 141 Å². The molecule has 2 aliphatic carbocycles. The zero-order valence-electron chi connectivity index (χ0n) is 13.5. The van der Waals surface area contributed by atoms with Crippen LogP contribution < -0.4 is 4.74 Å². The first-order valence-corrected chi connectivity index (χ1v) is 9.06. The second kappa shape index (κ2) is 5.81. The molecule has 0 aromatic heterocycles. The summed E-state index contributed by atoms with van der Waals surface area (Å²) in [5.74, 6) is 1.44. The van der Waals surface area contributed by atoms with Crippen molar-refractivity contribution in [2.75, 3.05) is 19.2 Å². The summed E-state index contributed by atoms with van der Waals surface area (Å²) in [5, 5.41) is 12.0. The molecule has 122 valence electrons. The van der Waals surface area contributed by atoms with Gasteiger partial charge in [0.25, 0.3) is 0 Å². The first kappa shape index (κ1) is 16.3. The zero-order chi connectivity index (χ0) is 16.0. The molecule has 1 aromatic rings. The van der Waals surface area contributed by atoms with Crippen LogP contribution in [0.2, 0.25) is 0 Å². The number of alkyl halides is 1. The Bertz CT molecular complexity index is 547. The summed E-state index contributed by atoms with van der Waals surface area (Å²) < 4.78 is 10.8. The maximum absolute atomic E-state index is 11.1. The van der Waals surface area contributed by atoms with E-state index in [4.69, 9.17) is 9.47 Å². The van der Waals surface area contributed by atoms with E-state index in [-0.39, 0.29) is 29.6 Å². The quantitative estimate of drug-likeness (QED) is 0.631. The van der Waals surface area contributed by atoms with Crippen molar-refractivity contribution in [3.05, 3.63) is 29.8 Å². The van der Waals surface area contributed by atoms with Crippen LogP contribution in [0.3, 0.4) is 0 Å². The van der Waals surface area contributed by atoms with Crippen molar-refractivity contribution in [1.82, 2.24) is 0 Å². The Balaban J connectivity index is 2.00. The lowest BCUT2D eigenvalue weighted by Gasteiger charge is -2.38. The Morgan fingerprint density at radius 1 is 1.32 bits per heavy atom. The molecule has 0 aliphatic heterocycles. The predicted octanol–water partition coefficient (Wildman–Crippen LogP) is 3.94. The Hall–Kier alpha value is -0.580. The second-order valence-corrected chi connectivity index (χ2v) is 7.73. The molecule has 3 nitrogen and oxygen atoms in total. The van der Waals surface area contributed by atoms with Crippen LogP contribution >= 0.6 is 15.9 Å². The number of benzene rings is 1. The van der Waals surface area contributed by atoms with Crippen LogP contribution in [0, 0.1) is 16.7 Å². The van der Waals surface area contributed by atoms with E-state index >= 15 is 0 Å². The number of fused-ring (bicyclic) bond motifs is 2. The fourth-order valence-electron chi connectivity index (χ4n) is 4.81. The summed E-state index contributed by atoms with van der Waals surface area (Å²) in [6.07, 6.45) is 1.93. The number of para-hydroxylation sites is 1. The third-order valence-electron chi connectivity index (χ3n) is 6.41. The van der Waals surface area contributed by atoms with Gasteiger partial charge in [0.15, 0.2) is 6.79 Å². The molecule has 0 amide bonds. The van der Waals surface area contributed by atoms with Gasteiger partial charge in [0.05, 0.1) is 6.10 Å². The third-order valence-corrected chi connectivity index (χ3v) is 7.58. The average Bonchev–Trinajstić information content (AvgIpc) is 2.88. The van der Waals surface area contributed by atoms with Gasteiger partial charge in [0, 0.05) is 29.3 Å². The van der Waals surface area contributed by atoms with Crippen molar-refractivity contribution in [3.63, 3.8) is 0 Å². The van der Waals surface area contributed by atoms with E-state index in [0.717, 1.165) is 23.1 Å². The fourth-order valence-corrected chi connectivity index (χ4v) is 5.87. The molecular formula is C18H25BrO3. The topological polar surface area (TPSA) is 38.7 Å². The number of aliphatic hydroxyl groups is 1. The lowest BCUT2D eigenvalue weighted by atomic mass is 9.70. The summed E-state index contributed by atoms with van der Waals surface area (Å²) in [6.45, 7) is 4.80. The third kappa shape index (κ3) is 2.07. The first-order chi connectivity index (χ1) is 10.5. The van der Waals surface area contributed by atoms with Gasteiger partial charge in [0.2, 0.25) is 0 Å². The van der Waals surface area contributed by atoms with Crippen molar-refractivity contribution in [2.24, 2.45) is 16.7 Å². The largest absolute Gasteiger partial charge is 0.467 e. The summed E-state index contributed by atoms with van der Waals surface area (Å²) in [4.78, 5) is 0. The van der Waals surface area contributed by atoms with Crippen LogP contribution in [-0.4, -0.2) is 30.4 Å². The molecule has 2 saturated carbocycles. The van der Waals surface area contributed by atoms with E-state index in [1.807, 2.05) is 18.2 Å². The van der Waals surface area contributed by atoms with E-state index in [2.05, 4.69) is 35.8 Å². The number of rotatable bonds is 5. The first-order valence-electron chi connectivity index (χ1n) is 7.94. The van der Waals surface area contributed by atoms with E-state index in [1.165, 1.54) is 6.42 Å². The van der Waals surface area contributed by atoms with Gasteiger partial charge in [-0.3, -0.25) is 0 Å². The van der Waals surface area contributed by atoms with Gasteiger partial charge in [-0.25, -0.2) is 0 Å². The minimum absolute atomic E-state index is 0.0415. The number of halogens is 1. The number of hydrogen-bond donors (Lipinski definition) is 1. The number of ether oxygens (including phenoxy) is 2. The smallest absolute Gasteiger partial charge is 0.188 e. The van der Waals surface area contributed by atoms with Gasteiger partial charge in [-0.05, 0) is 30.2 Å². The molecular weight excluding hydrogens is 344 g/mol. The number of methoxy groups -OCH3 is 1. The minimum Gasteiger partial charge on any atom is -0.467 e. The summed E-state index contributed by atoms with van der Waals surface area (Å²) in [5.41, 5.74) is 1.19. The molecule has 0 heterocycles. The molecule has 2 aliphatic rings. The maximum Gasteiger partial charge on any atom is 0.188 e. The van der Waals surface area contributed by atoms with E-state index in [0.29, 0.717) is 5.92 Å². The molecule has 0 spiro atoms. The van der Waals surface area contributed by atoms with Crippen LogP contribution in [0.5, 0.6) is 5.75 Å². The van der Waals surface area contributed by atoms with Crippen molar-refractivity contribution in [1.29, 1.82) is 0 Å². The molecule has 22 heavy (non-hydrogen) atoms. The second-order valence-electron chi connectivity index (χ2n) is 7.17. The Morgan fingerprint density at radius 2 is 2.05 bits per heavy atom. The molecule has 2 bridgehead atoms. The predicted molar refractivity (Wildman–Crippen MR) is 90.4 cm³/mol. The summed E-state index contributed by atoms with van der Waals surface area (Å²) in [6, 6.07) is 8.07. The molecule has 5 atom stereocenters. The summed E-state index contributed by atoms with van der Waals surface area (Å²) in [7, 11) is 1.62. The Kier molecular flexibility index (Phi) is 4.30. The normalized spacial score (nSPS) is 40.1. The zero-order valence-corrected chi connectivity index (χ0v) is 15.1. The highest BCUT2D eigenvalue weighted by atomic mass is 79.9. The molecule has 0 unspecified atom stereocenters. The Morgan fingerprint density at radius 3 is 2.68 bits per heavy atom. The fraction of sp³-hybridized carbons (Fsp3) is 0.667. The van der Waals surface area contributed by atoms with Gasteiger partial charge >= 0.3 is 0 Å². The van der Waals surface area contributed by atoms with Gasteiger partial charge in [-0.2, -0.15) is 0 Å². The van der Waals surface area contributed by atoms with Crippen LogP contribution in [0.25, 0.3) is 0 Å². The van der Waals surface area contributed by atoms with Crippen LogP contribution in [-0.2, 0) is 4.74 Å². The highest BCUT2D eigenvalue weighted by molar-refractivity contribution is 9.09. The molecule has 4 heteroatoms. The van der Waals surface area contributed by atoms with Crippen LogP contribution in [0.4, 0.5) is 0 Å². The molecule has 1 N–H and O–H groups in total. The molecule has 0 saturated heterocycles. The molecule has 2 fully saturated rings. The molecule has 0 radical (unpaired) electrons. The monoisotopic (exact) mass is 368 g/mol. The SMILES string of the molecule is COCOc1ccccc1[C@H]1[C@H]2CC[C@@](C)([C@H]1O)[C@]2(C)CBr. The summed E-state index contributed by atoms with van der Waals surface area (Å²) >= 11 is 3.71. The van der Waals surface area contributed by atoms with E-state index in [1.54, 1.807) is 7.11 Å². The molecule has 3 rings (SSSR count). The maximum atomic E-state index is 11.1. The standard InChI is InChI=1S/C18H25BrO3/c1-17-9-8-13(18(17,2)10-19)15(16(17)20)12-6-4-5-7-14(12)22-11-21-3/h4-7,13,15-16,20H,8-11H2,1-3H3/t13-,15+,16+,17+,18-/m1/s1. The van der Waals surface area contributed by atoms with E-state index < -0.39 is 0 Å².